The molecule has 0 saturated carbocycles. The zero-order chi connectivity index (χ0) is 19.4. The van der Waals surface area contributed by atoms with Crippen LogP contribution in [-0.4, -0.2) is 28.3 Å². The molecule has 1 aliphatic rings. The number of benzene rings is 1. The van der Waals surface area contributed by atoms with Gasteiger partial charge in [-0.1, -0.05) is 23.7 Å². The Bertz CT molecular complexity index is 945. The highest BCUT2D eigenvalue weighted by Crippen LogP contribution is 2.26. The molecule has 0 unspecified atom stereocenters. The number of halogens is 1. The molecule has 7 nitrogen and oxygen atoms in total. The van der Waals surface area contributed by atoms with Crippen molar-refractivity contribution in [2.75, 3.05) is 17.6 Å². The van der Waals surface area contributed by atoms with E-state index in [1.807, 2.05) is 24.3 Å². The highest BCUT2D eigenvalue weighted by atomic mass is 35.5. The largest absolute Gasteiger partial charge is 0.386 e. The van der Waals surface area contributed by atoms with Crippen LogP contribution < -0.4 is 16.8 Å². The van der Waals surface area contributed by atoms with Crippen molar-refractivity contribution in [3.63, 3.8) is 0 Å². The van der Waals surface area contributed by atoms with E-state index >= 15 is 0 Å². The Morgan fingerprint density at radius 3 is 2.81 bits per heavy atom. The molecule has 3 rings (SSSR count). The lowest BCUT2D eigenvalue weighted by atomic mass is 10.0. The summed E-state index contributed by atoms with van der Waals surface area (Å²) in [5.41, 5.74) is 14.1. The van der Waals surface area contributed by atoms with Crippen LogP contribution in [0.1, 0.15) is 12.5 Å². The van der Waals surface area contributed by atoms with E-state index in [9.17, 15) is 4.79 Å². The zero-order valence-electron chi connectivity index (χ0n) is 14.7. The van der Waals surface area contributed by atoms with E-state index in [4.69, 9.17) is 23.1 Å². The molecule has 27 heavy (non-hydrogen) atoms. The van der Waals surface area contributed by atoms with Crippen LogP contribution in [0.15, 0.2) is 65.5 Å². The number of nitrogens with one attached hydrogen (secondary N) is 1. The lowest BCUT2D eigenvalue weighted by Gasteiger charge is -2.23. The van der Waals surface area contributed by atoms with Crippen molar-refractivity contribution in [2.45, 2.75) is 6.92 Å². The van der Waals surface area contributed by atoms with Crippen molar-refractivity contribution < 1.29 is 4.79 Å². The van der Waals surface area contributed by atoms with Crippen molar-refractivity contribution in [1.82, 2.24) is 9.99 Å². The summed E-state index contributed by atoms with van der Waals surface area (Å²) < 4.78 is 0. The maximum absolute atomic E-state index is 12.7. The smallest absolute Gasteiger partial charge is 0.257 e. The van der Waals surface area contributed by atoms with Crippen LogP contribution in [0.4, 0.5) is 11.5 Å². The molecule has 0 saturated heterocycles. The van der Waals surface area contributed by atoms with Crippen molar-refractivity contribution in [2.24, 2.45) is 10.8 Å². The zero-order valence-corrected chi connectivity index (χ0v) is 15.4. The van der Waals surface area contributed by atoms with Gasteiger partial charge in [0.1, 0.15) is 11.7 Å². The Balaban J connectivity index is 1.91. The molecule has 2 aromatic rings. The maximum atomic E-state index is 12.7. The normalized spacial score (nSPS) is 14.4. The number of hydrogen-bond donors (Lipinski definition) is 3. The maximum Gasteiger partial charge on any atom is 0.257 e. The summed E-state index contributed by atoms with van der Waals surface area (Å²) in [4.78, 5) is 16.7. The first-order valence-electron chi connectivity index (χ1n) is 8.19. The number of anilines is 2. The number of carbonyl (C=O) groups excluding carboxylic acids is 1. The summed E-state index contributed by atoms with van der Waals surface area (Å²) in [6, 6.07) is 10.7. The van der Waals surface area contributed by atoms with E-state index in [0.717, 1.165) is 11.1 Å². The number of amidine groups is 1. The molecule has 0 spiro atoms. The Kier molecular flexibility index (Phi) is 5.42. The highest BCUT2D eigenvalue weighted by Gasteiger charge is 2.18. The molecule has 0 aliphatic carbocycles. The number of nitrogens with two attached hydrogens (primary N) is 2. The van der Waals surface area contributed by atoms with Crippen LogP contribution in [-0.2, 0) is 4.79 Å². The number of amides is 1. The van der Waals surface area contributed by atoms with E-state index in [1.165, 1.54) is 6.20 Å². The Morgan fingerprint density at radius 2 is 2.15 bits per heavy atom. The summed E-state index contributed by atoms with van der Waals surface area (Å²) in [6.45, 7) is 2.15. The number of carbonyl (C=O) groups is 1. The van der Waals surface area contributed by atoms with Crippen LogP contribution in [0.2, 0.25) is 5.02 Å². The van der Waals surface area contributed by atoms with Gasteiger partial charge in [-0.2, -0.15) is 5.10 Å². The third kappa shape index (κ3) is 4.86. The molecule has 8 heteroatoms. The summed E-state index contributed by atoms with van der Waals surface area (Å²) in [5, 5.41) is 9.29. The fraction of sp³-hybridized carbons (Fsp3) is 0.105. The molecule has 138 valence electrons. The van der Waals surface area contributed by atoms with E-state index < -0.39 is 0 Å². The van der Waals surface area contributed by atoms with Gasteiger partial charge in [0.25, 0.3) is 5.91 Å². The minimum atomic E-state index is -0.296. The highest BCUT2D eigenvalue weighted by molar-refractivity contribution is 6.30. The van der Waals surface area contributed by atoms with Gasteiger partial charge < -0.3 is 16.8 Å². The molecular weight excluding hydrogens is 364 g/mol. The monoisotopic (exact) mass is 382 g/mol. The Hall–Kier alpha value is -3.32. The van der Waals surface area contributed by atoms with E-state index in [-0.39, 0.29) is 5.91 Å². The molecule has 0 atom stereocenters. The molecule has 1 amide bonds. The number of pyridine rings is 1. The summed E-state index contributed by atoms with van der Waals surface area (Å²) >= 11 is 6.10. The average molecular weight is 383 g/mol. The van der Waals surface area contributed by atoms with Crippen LogP contribution in [0, 0.1) is 0 Å². The van der Waals surface area contributed by atoms with Gasteiger partial charge in [-0.05, 0) is 48.4 Å². The molecule has 5 N–H and O–H groups in total. The van der Waals surface area contributed by atoms with Crippen molar-refractivity contribution in [1.29, 1.82) is 0 Å². The third-order valence-corrected chi connectivity index (χ3v) is 3.97. The van der Waals surface area contributed by atoms with Gasteiger partial charge >= 0.3 is 0 Å². The first-order chi connectivity index (χ1) is 12.9. The van der Waals surface area contributed by atoms with Crippen molar-refractivity contribution in [3.8, 4) is 0 Å². The molecule has 1 aliphatic heterocycles. The van der Waals surface area contributed by atoms with Crippen LogP contribution in [0.25, 0.3) is 5.57 Å². The van der Waals surface area contributed by atoms with Gasteiger partial charge in [-0.3, -0.25) is 9.80 Å². The lowest BCUT2D eigenvalue weighted by Crippen LogP contribution is -2.25. The van der Waals surface area contributed by atoms with Gasteiger partial charge in [0.05, 0.1) is 24.0 Å². The minimum absolute atomic E-state index is 0.296. The first-order valence-corrected chi connectivity index (χ1v) is 8.57. The number of nitrogen functional groups attached to an aromatic ring is 1. The van der Waals surface area contributed by atoms with Crippen LogP contribution in [0.3, 0.4) is 0 Å². The average Bonchev–Trinajstić information content (AvgIpc) is 2.63. The third-order valence-electron chi connectivity index (χ3n) is 3.74. The SMILES string of the molecule is CC(N)=NN1C=C(C(=O)Nc2ccc(N)nc2)C=C(c2cccc(Cl)c2)C1. The van der Waals surface area contributed by atoms with Gasteiger partial charge in [0.2, 0.25) is 0 Å². The van der Waals surface area contributed by atoms with Gasteiger partial charge in [0.15, 0.2) is 0 Å². The lowest BCUT2D eigenvalue weighted by molar-refractivity contribution is -0.112. The quantitative estimate of drug-likeness (QED) is 0.556. The summed E-state index contributed by atoms with van der Waals surface area (Å²) in [6.07, 6.45) is 4.95. The second kappa shape index (κ2) is 7.92. The Labute approximate surface area is 162 Å². The Morgan fingerprint density at radius 1 is 1.33 bits per heavy atom. The molecule has 1 aromatic carbocycles. The second-order valence-corrected chi connectivity index (χ2v) is 6.47. The molecular formula is C19H19ClN6O. The number of aromatic nitrogens is 1. The van der Waals surface area contributed by atoms with E-state index in [0.29, 0.717) is 34.5 Å². The van der Waals surface area contributed by atoms with Gasteiger partial charge in [-0.25, -0.2) is 4.98 Å². The predicted octanol–water partition coefficient (Wildman–Crippen LogP) is 2.83. The topological polar surface area (TPSA) is 110 Å². The van der Waals surface area contributed by atoms with E-state index in [1.54, 1.807) is 36.3 Å². The fourth-order valence-corrected chi connectivity index (χ4v) is 2.78. The molecule has 1 aromatic heterocycles. The minimum Gasteiger partial charge on any atom is -0.386 e. The molecule has 0 bridgehead atoms. The first kappa shape index (κ1) is 18.5. The van der Waals surface area contributed by atoms with Crippen molar-refractivity contribution >= 4 is 40.4 Å². The van der Waals surface area contributed by atoms with Crippen molar-refractivity contribution in [3.05, 3.63) is 71.0 Å². The predicted molar refractivity (Wildman–Crippen MR) is 109 cm³/mol. The fourth-order valence-electron chi connectivity index (χ4n) is 2.59. The standard InChI is InChI=1S/C19H19ClN6O/c1-12(21)25-26-10-14(13-3-2-4-16(20)8-13)7-15(11-26)19(27)24-17-5-6-18(22)23-9-17/h2-9,11H,10H2,1H3,(H2,21,25)(H2,22,23)(H,24,27). The second-order valence-electron chi connectivity index (χ2n) is 6.03. The van der Waals surface area contributed by atoms with Gasteiger partial charge in [0, 0.05) is 11.2 Å². The number of hydrazone groups is 1. The van der Waals surface area contributed by atoms with Crippen LogP contribution in [0.5, 0.6) is 0 Å². The number of rotatable bonds is 4. The summed E-state index contributed by atoms with van der Waals surface area (Å²) in [5.74, 6) is 0.476. The summed E-state index contributed by atoms with van der Waals surface area (Å²) in [7, 11) is 0. The van der Waals surface area contributed by atoms with Crippen LogP contribution >= 0.6 is 11.6 Å². The molecule has 0 radical (unpaired) electrons. The number of nitrogens with zero attached hydrogens (tertiary/aromatic N) is 3. The van der Waals surface area contributed by atoms with E-state index in [2.05, 4.69) is 15.4 Å². The molecule has 2 heterocycles. The number of hydrogen-bond acceptors (Lipinski definition) is 5. The van der Waals surface area contributed by atoms with Gasteiger partial charge in [-0.15, -0.1) is 0 Å². The molecule has 0 fully saturated rings.